The number of hydrogen-bond donors (Lipinski definition) is 0. The van der Waals surface area contributed by atoms with Crippen molar-refractivity contribution in [2.24, 2.45) is 0 Å². The second-order valence-corrected chi connectivity index (χ2v) is 13.9. The fourth-order valence-corrected chi connectivity index (χ4v) is 8.35. The molecule has 0 fully saturated rings. The van der Waals surface area contributed by atoms with Crippen LogP contribution in [0.15, 0.2) is 180 Å². The summed E-state index contributed by atoms with van der Waals surface area (Å²) in [7, 11) is 0. The van der Waals surface area contributed by atoms with Gasteiger partial charge >= 0.3 is 0 Å². The average Bonchev–Trinajstić information content (AvgIpc) is 3.90. The van der Waals surface area contributed by atoms with Crippen molar-refractivity contribution in [3.8, 4) is 56.4 Å². The third-order valence-corrected chi connectivity index (χ3v) is 10.9. The number of nitrogens with zero attached hydrogens (tertiary/aromatic N) is 3. The predicted molar refractivity (Wildman–Crippen MR) is 225 cm³/mol. The van der Waals surface area contributed by atoms with Crippen LogP contribution in [0.4, 0.5) is 0 Å². The first kappa shape index (κ1) is 22.9. The lowest BCUT2D eigenvalue weighted by Crippen LogP contribution is -2.00. The maximum Gasteiger partial charge on any atom is 0.165 e. The van der Waals surface area contributed by atoms with Crippen molar-refractivity contribution in [1.82, 2.24) is 15.0 Å². The summed E-state index contributed by atoms with van der Waals surface area (Å²) in [5, 5.41) is 1.97. The highest BCUT2D eigenvalue weighted by molar-refractivity contribution is 7.27. The molecule has 0 aliphatic rings. The van der Waals surface area contributed by atoms with Gasteiger partial charge in [-0.3, -0.25) is 0 Å². The lowest BCUT2D eigenvalue weighted by molar-refractivity contribution is 0.669. The van der Waals surface area contributed by atoms with Crippen LogP contribution in [0.25, 0.3) is 109 Å². The fourth-order valence-electron chi connectivity index (χ4n) is 7.13. The summed E-state index contributed by atoms with van der Waals surface area (Å²) in [5.74, 6) is 0.540. The zero-order chi connectivity index (χ0) is 43.4. The van der Waals surface area contributed by atoms with E-state index in [1.165, 1.54) is 0 Å². The molecule has 0 aliphatic heterocycles. The number of fused-ring (bicyclic) bond motifs is 8. The molecule has 3 heterocycles. The molecule has 0 N–H and O–H groups in total. The molecule has 0 aliphatic carbocycles. The van der Waals surface area contributed by atoms with Crippen molar-refractivity contribution in [2.45, 2.75) is 0 Å². The van der Waals surface area contributed by atoms with Crippen LogP contribution in [-0.2, 0) is 0 Å². The van der Waals surface area contributed by atoms with Crippen molar-refractivity contribution < 1.29 is 16.8 Å². The third-order valence-electron chi connectivity index (χ3n) is 9.66. The Bertz CT molecular complexity index is 3740. The van der Waals surface area contributed by atoms with Gasteiger partial charge in [0, 0.05) is 47.6 Å². The molecule has 11 aromatic rings. The molecule has 0 amide bonds. The van der Waals surface area contributed by atoms with Crippen molar-refractivity contribution in [3.63, 3.8) is 0 Å². The van der Waals surface area contributed by atoms with E-state index in [1.54, 1.807) is 0 Å². The number of hydrogen-bond acceptors (Lipinski definition) is 5. The number of aromatic nitrogens is 3. The van der Waals surface area contributed by atoms with Gasteiger partial charge in [-0.2, -0.15) is 0 Å². The molecule has 252 valence electrons. The van der Waals surface area contributed by atoms with Gasteiger partial charge in [0.1, 0.15) is 11.2 Å². The van der Waals surface area contributed by atoms with E-state index in [-0.39, 0.29) is 78.2 Å². The smallest absolute Gasteiger partial charge is 0.165 e. The summed E-state index contributed by atoms with van der Waals surface area (Å²) in [4.78, 5) is 15.0. The summed E-state index contributed by atoms with van der Waals surface area (Å²) >= 11 is 1.03. The van der Waals surface area contributed by atoms with E-state index < -0.39 is 30.2 Å². The largest absolute Gasteiger partial charge is 0.456 e. The van der Waals surface area contributed by atoms with Crippen LogP contribution in [-0.4, -0.2) is 15.0 Å². The Balaban J connectivity index is 1.20. The van der Waals surface area contributed by atoms with Gasteiger partial charge in [-0.1, -0.05) is 145 Å². The van der Waals surface area contributed by atoms with Crippen molar-refractivity contribution in [2.75, 3.05) is 0 Å². The second kappa shape index (κ2) is 12.3. The molecule has 0 bridgehead atoms. The van der Waals surface area contributed by atoms with Gasteiger partial charge in [0.25, 0.3) is 0 Å². The zero-order valence-corrected chi connectivity index (χ0v) is 29.0. The van der Waals surface area contributed by atoms with Gasteiger partial charge in [0.05, 0.1) is 12.3 Å². The Morgan fingerprint density at radius 2 is 1.11 bits per heavy atom. The van der Waals surface area contributed by atoms with Gasteiger partial charge < -0.3 is 4.42 Å². The molecule has 54 heavy (non-hydrogen) atoms. The maximum absolute atomic E-state index is 9.36. The SMILES string of the molecule is [2H]c1c([2H])c([2H])c2c(sc3c4c([2H])c([2H])c([2H])c([2H])c4c([2H])c([2H])c32)c1-c1nc(-c2cccc(-c3ccccc3)c2)nc(-c2ccc3c(c2)oc2cccc(-c4ccccc4)c23)n1. The standard InChI is InChI=1S/C49H29N3OS/c1-3-12-30(13-4-1)33-17-9-18-34(28-33)47-50-48(35-25-27-40-43(29-35)53-42-23-11-20-36(44(40)42)31-14-5-2-6-15-31)52-49(51-47)41-22-10-21-38-39-26-24-32-16-7-8-19-37(32)45(39)54-46(38)41/h1-29H/i7D,8D,10D,16D,19D,21D,22D,24D,26D. The van der Waals surface area contributed by atoms with Crippen molar-refractivity contribution in [3.05, 3.63) is 176 Å². The van der Waals surface area contributed by atoms with E-state index in [9.17, 15) is 1.37 Å². The van der Waals surface area contributed by atoms with Crippen LogP contribution in [0, 0.1) is 0 Å². The average molecular weight is 717 g/mol. The van der Waals surface area contributed by atoms with E-state index >= 15 is 0 Å². The second-order valence-electron chi connectivity index (χ2n) is 12.9. The van der Waals surface area contributed by atoms with Crippen LogP contribution in [0.1, 0.15) is 12.3 Å². The first-order chi connectivity index (χ1) is 30.5. The molecule has 0 saturated carbocycles. The highest BCUT2D eigenvalue weighted by Crippen LogP contribution is 2.43. The molecule has 0 radical (unpaired) electrons. The lowest BCUT2D eigenvalue weighted by Gasteiger charge is -2.10. The molecule has 3 aromatic heterocycles. The molecular weight excluding hydrogens is 679 g/mol. The minimum Gasteiger partial charge on any atom is -0.456 e. The molecule has 4 nitrogen and oxygen atoms in total. The number of furan rings is 1. The molecule has 0 spiro atoms. The molecule has 5 heteroatoms. The summed E-state index contributed by atoms with van der Waals surface area (Å²) in [5.41, 5.74) is 6.62. The predicted octanol–water partition coefficient (Wildman–Crippen LogP) is 13.6. The van der Waals surface area contributed by atoms with Crippen LogP contribution >= 0.6 is 11.3 Å². The zero-order valence-electron chi connectivity index (χ0n) is 37.2. The molecule has 0 saturated heterocycles. The first-order valence-corrected chi connectivity index (χ1v) is 18.1. The fraction of sp³-hybridized carbons (Fsp3) is 0. The molecular formula is C49H29N3OS. The molecule has 0 unspecified atom stereocenters. The summed E-state index contributed by atoms with van der Waals surface area (Å²) in [6, 6.07) is 35.6. The normalized spacial score (nSPS) is 14.0. The van der Waals surface area contributed by atoms with Crippen LogP contribution in [0.2, 0.25) is 0 Å². The van der Waals surface area contributed by atoms with Crippen LogP contribution in [0.3, 0.4) is 0 Å². The highest BCUT2D eigenvalue weighted by atomic mass is 32.1. The van der Waals surface area contributed by atoms with E-state index in [2.05, 4.69) is 18.2 Å². The monoisotopic (exact) mass is 716 g/mol. The quantitative estimate of drug-likeness (QED) is 0.178. The summed E-state index contributed by atoms with van der Waals surface area (Å²) < 4.78 is 86.9. The van der Waals surface area contributed by atoms with Crippen LogP contribution in [0.5, 0.6) is 0 Å². The summed E-state index contributed by atoms with van der Waals surface area (Å²) in [6.45, 7) is 0. The van der Waals surface area contributed by atoms with Crippen molar-refractivity contribution in [1.29, 1.82) is 0 Å². The van der Waals surface area contributed by atoms with Gasteiger partial charge in [0.2, 0.25) is 0 Å². The van der Waals surface area contributed by atoms with Crippen molar-refractivity contribution >= 4 is 64.2 Å². The van der Waals surface area contributed by atoms with E-state index in [0.717, 1.165) is 44.4 Å². The lowest BCUT2D eigenvalue weighted by atomic mass is 9.99. The topological polar surface area (TPSA) is 51.8 Å². The Labute approximate surface area is 327 Å². The van der Waals surface area contributed by atoms with Gasteiger partial charge in [-0.25, -0.2) is 15.0 Å². The van der Waals surface area contributed by atoms with E-state index in [0.29, 0.717) is 22.3 Å². The maximum atomic E-state index is 9.36. The van der Waals surface area contributed by atoms with E-state index in [4.69, 9.17) is 30.3 Å². The summed E-state index contributed by atoms with van der Waals surface area (Å²) in [6.07, 6.45) is 0. The molecule has 11 rings (SSSR count). The number of thiophene rings is 1. The minimum atomic E-state index is -0.524. The Morgan fingerprint density at radius 1 is 0.426 bits per heavy atom. The van der Waals surface area contributed by atoms with Crippen LogP contribution < -0.4 is 0 Å². The Morgan fingerprint density at radius 3 is 1.96 bits per heavy atom. The van der Waals surface area contributed by atoms with Gasteiger partial charge in [-0.05, 0) is 63.3 Å². The number of benzene rings is 8. The number of rotatable bonds is 5. The first-order valence-electron chi connectivity index (χ1n) is 21.8. The minimum absolute atomic E-state index is 0.0232. The third kappa shape index (κ3) is 5.01. The van der Waals surface area contributed by atoms with Gasteiger partial charge in [-0.15, -0.1) is 11.3 Å². The highest BCUT2D eigenvalue weighted by Gasteiger charge is 2.19. The molecule has 0 atom stereocenters. The van der Waals surface area contributed by atoms with E-state index in [1.807, 2.05) is 103 Å². The molecule has 8 aromatic carbocycles. The Kier molecular flexibility index (Phi) is 5.22. The van der Waals surface area contributed by atoms with Gasteiger partial charge in [0.15, 0.2) is 17.5 Å². The Hall–Kier alpha value is -6.95.